The normalized spacial score (nSPS) is 12.3. The van der Waals surface area contributed by atoms with Gasteiger partial charge in [0, 0.05) is 12.1 Å². The third-order valence-corrected chi connectivity index (χ3v) is 6.39. The quantitative estimate of drug-likeness (QED) is 0.366. The summed E-state index contributed by atoms with van der Waals surface area (Å²) >= 11 is 0. The Hall–Kier alpha value is -4.10. The molecule has 5 rings (SSSR count). The maximum absolute atomic E-state index is 13.5. The fraction of sp³-hybridized carbons (Fsp3) is 0.214. The zero-order chi connectivity index (χ0) is 24.2. The number of para-hydroxylation sites is 1. The monoisotopic (exact) mass is 464 g/mol. The van der Waals surface area contributed by atoms with E-state index >= 15 is 0 Å². The van der Waals surface area contributed by atoms with Gasteiger partial charge in [0.2, 0.25) is 0 Å². The molecular weight excluding hydrogens is 436 g/mol. The van der Waals surface area contributed by atoms with Crippen molar-refractivity contribution in [3.05, 3.63) is 123 Å². The zero-order valence-electron chi connectivity index (χ0n) is 19.9. The summed E-state index contributed by atoms with van der Waals surface area (Å²) in [7, 11) is 0. The molecule has 0 unspecified atom stereocenters. The standard InChI is InChI=1S/C28H28N6O/c1-3-33(18-21-12-6-4-7-13-21)26(24-17-23-16-10-11-20(2)25(23)29-28(24)35)27-30-31-32-34(27)19-22-14-8-5-9-15-22/h4-17,26H,3,18-19H2,1-2H3,(H,29,35)/t26-/m1/s1. The number of aryl methyl sites for hydroxylation is 1. The average molecular weight is 465 g/mol. The summed E-state index contributed by atoms with van der Waals surface area (Å²) in [6.45, 7) is 5.99. The van der Waals surface area contributed by atoms with Gasteiger partial charge in [-0.2, -0.15) is 0 Å². The molecular formula is C28H28N6O. The number of pyridine rings is 1. The molecule has 0 amide bonds. The van der Waals surface area contributed by atoms with E-state index in [4.69, 9.17) is 0 Å². The van der Waals surface area contributed by atoms with Gasteiger partial charge in [0.25, 0.3) is 5.56 Å². The number of nitrogens with zero attached hydrogens (tertiary/aromatic N) is 5. The van der Waals surface area contributed by atoms with Crippen molar-refractivity contribution in [3.8, 4) is 0 Å². The van der Waals surface area contributed by atoms with Crippen LogP contribution in [0, 0.1) is 6.92 Å². The Labute approximate surface area is 204 Å². The van der Waals surface area contributed by atoms with E-state index in [1.54, 1.807) is 4.68 Å². The molecule has 0 fully saturated rings. The van der Waals surface area contributed by atoms with Gasteiger partial charge in [-0.1, -0.05) is 85.8 Å². The highest BCUT2D eigenvalue weighted by atomic mass is 16.1. The van der Waals surface area contributed by atoms with Gasteiger partial charge in [-0.15, -0.1) is 5.10 Å². The number of fused-ring (bicyclic) bond motifs is 1. The van der Waals surface area contributed by atoms with Crippen LogP contribution >= 0.6 is 0 Å². The summed E-state index contributed by atoms with van der Waals surface area (Å²) in [4.78, 5) is 18.9. The number of H-pyrrole nitrogens is 1. The number of aromatic amines is 1. The van der Waals surface area contributed by atoms with Crippen molar-refractivity contribution in [2.75, 3.05) is 6.54 Å². The van der Waals surface area contributed by atoms with Crippen LogP contribution in [0.4, 0.5) is 0 Å². The largest absolute Gasteiger partial charge is 0.321 e. The molecule has 0 bridgehead atoms. The molecule has 2 heterocycles. The highest BCUT2D eigenvalue weighted by Crippen LogP contribution is 2.29. The molecule has 0 aliphatic carbocycles. The second-order valence-electron chi connectivity index (χ2n) is 8.72. The molecule has 7 heteroatoms. The van der Waals surface area contributed by atoms with Crippen LogP contribution in [0.3, 0.4) is 0 Å². The third kappa shape index (κ3) is 4.76. The van der Waals surface area contributed by atoms with Gasteiger partial charge < -0.3 is 4.98 Å². The van der Waals surface area contributed by atoms with Gasteiger partial charge in [-0.3, -0.25) is 9.69 Å². The number of aromatic nitrogens is 5. The number of tetrazole rings is 1. The van der Waals surface area contributed by atoms with Crippen LogP contribution in [0.5, 0.6) is 0 Å². The van der Waals surface area contributed by atoms with Gasteiger partial charge in [-0.05, 0) is 52.0 Å². The zero-order valence-corrected chi connectivity index (χ0v) is 19.9. The second kappa shape index (κ2) is 10.0. The molecule has 3 aromatic carbocycles. The van der Waals surface area contributed by atoms with Crippen molar-refractivity contribution in [2.24, 2.45) is 0 Å². The minimum Gasteiger partial charge on any atom is -0.321 e. The predicted octanol–water partition coefficient (Wildman–Crippen LogP) is 4.48. The van der Waals surface area contributed by atoms with E-state index in [0.29, 0.717) is 31.0 Å². The van der Waals surface area contributed by atoms with Crippen molar-refractivity contribution < 1.29 is 0 Å². The Bertz CT molecular complexity index is 1480. The van der Waals surface area contributed by atoms with Crippen molar-refractivity contribution >= 4 is 10.9 Å². The first-order chi connectivity index (χ1) is 17.1. The van der Waals surface area contributed by atoms with E-state index in [-0.39, 0.29) is 5.56 Å². The fourth-order valence-electron chi connectivity index (χ4n) is 4.58. The van der Waals surface area contributed by atoms with Crippen LogP contribution in [0.1, 0.15) is 41.0 Å². The van der Waals surface area contributed by atoms with Crippen LogP contribution in [0.2, 0.25) is 0 Å². The molecule has 35 heavy (non-hydrogen) atoms. The smallest absolute Gasteiger partial charge is 0.253 e. The summed E-state index contributed by atoms with van der Waals surface area (Å²) in [6, 6.07) is 28.0. The predicted molar refractivity (Wildman–Crippen MR) is 137 cm³/mol. The van der Waals surface area contributed by atoms with Crippen LogP contribution < -0.4 is 5.56 Å². The van der Waals surface area contributed by atoms with Crippen molar-refractivity contribution in [1.29, 1.82) is 0 Å². The molecule has 176 valence electrons. The molecule has 5 aromatic rings. The van der Waals surface area contributed by atoms with E-state index in [1.165, 1.54) is 0 Å². The van der Waals surface area contributed by atoms with Crippen molar-refractivity contribution in [3.63, 3.8) is 0 Å². The molecule has 0 saturated heterocycles. The number of hydrogen-bond acceptors (Lipinski definition) is 5. The lowest BCUT2D eigenvalue weighted by Crippen LogP contribution is -2.35. The molecule has 7 nitrogen and oxygen atoms in total. The van der Waals surface area contributed by atoms with Gasteiger partial charge in [0.15, 0.2) is 5.82 Å². The van der Waals surface area contributed by atoms with Crippen LogP contribution in [0.15, 0.2) is 89.7 Å². The van der Waals surface area contributed by atoms with Gasteiger partial charge in [0.05, 0.1) is 12.1 Å². The first-order valence-electron chi connectivity index (χ1n) is 11.8. The third-order valence-electron chi connectivity index (χ3n) is 6.39. The lowest BCUT2D eigenvalue weighted by Gasteiger charge is -2.30. The second-order valence-corrected chi connectivity index (χ2v) is 8.72. The Kier molecular flexibility index (Phi) is 6.50. The summed E-state index contributed by atoms with van der Waals surface area (Å²) in [5.74, 6) is 0.643. The number of hydrogen-bond donors (Lipinski definition) is 1. The summed E-state index contributed by atoms with van der Waals surface area (Å²) < 4.78 is 1.80. The molecule has 2 aromatic heterocycles. The topological polar surface area (TPSA) is 79.7 Å². The lowest BCUT2D eigenvalue weighted by molar-refractivity contribution is 0.214. The maximum atomic E-state index is 13.5. The van der Waals surface area contributed by atoms with Gasteiger partial charge in [-0.25, -0.2) is 4.68 Å². The molecule has 0 radical (unpaired) electrons. The maximum Gasteiger partial charge on any atom is 0.253 e. The fourth-order valence-corrected chi connectivity index (χ4v) is 4.58. The van der Waals surface area contributed by atoms with E-state index in [1.807, 2.05) is 79.7 Å². The average Bonchev–Trinajstić information content (AvgIpc) is 3.33. The van der Waals surface area contributed by atoms with Crippen LogP contribution in [0.25, 0.3) is 10.9 Å². The highest BCUT2D eigenvalue weighted by molar-refractivity contribution is 5.82. The summed E-state index contributed by atoms with van der Waals surface area (Å²) in [5.41, 5.74) is 4.65. The van der Waals surface area contributed by atoms with Crippen LogP contribution in [-0.4, -0.2) is 36.6 Å². The minimum absolute atomic E-state index is 0.127. The van der Waals surface area contributed by atoms with E-state index in [9.17, 15) is 4.79 Å². The number of benzene rings is 3. The lowest BCUT2D eigenvalue weighted by atomic mass is 10.0. The number of nitrogens with one attached hydrogen (secondary N) is 1. The first kappa shape index (κ1) is 22.7. The van der Waals surface area contributed by atoms with Gasteiger partial charge in [0.1, 0.15) is 6.04 Å². The molecule has 0 aliphatic heterocycles. The molecule has 0 saturated carbocycles. The Balaban J connectivity index is 1.65. The highest BCUT2D eigenvalue weighted by Gasteiger charge is 2.30. The summed E-state index contributed by atoms with van der Waals surface area (Å²) in [6.07, 6.45) is 0. The number of rotatable bonds is 8. The SMILES string of the molecule is CCN(Cc1ccccc1)[C@H](c1cc2cccc(C)c2[nH]c1=O)c1nnnn1Cc1ccccc1. The van der Waals surface area contributed by atoms with Crippen molar-refractivity contribution in [1.82, 2.24) is 30.1 Å². The Morgan fingerprint density at radius 1 is 0.943 bits per heavy atom. The van der Waals surface area contributed by atoms with Crippen LogP contribution in [-0.2, 0) is 13.1 Å². The molecule has 1 N–H and O–H groups in total. The molecule has 1 atom stereocenters. The van der Waals surface area contributed by atoms with Gasteiger partial charge >= 0.3 is 0 Å². The Morgan fingerprint density at radius 2 is 1.66 bits per heavy atom. The molecule has 0 aliphatic rings. The summed E-state index contributed by atoms with van der Waals surface area (Å²) in [5, 5.41) is 13.8. The van der Waals surface area contributed by atoms with E-state index in [2.05, 4.69) is 44.5 Å². The Morgan fingerprint density at radius 3 is 2.37 bits per heavy atom. The first-order valence-corrected chi connectivity index (χ1v) is 11.8. The van der Waals surface area contributed by atoms with Crippen molar-refractivity contribution in [2.45, 2.75) is 33.0 Å². The van der Waals surface area contributed by atoms with E-state index < -0.39 is 6.04 Å². The molecule has 0 spiro atoms. The van der Waals surface area contributed by atoms with E-state index in [0.717, 1.165) is 27.6 Å². The minimum atomic E-state index is -0.424.